The van der Waals surface area contributed by atoms with E-state index in [2.05, 4.69) is 37.5 Å². The van der Waals surface area contributed by atoms with Gasteiger partial charge in [-0.1, -0.05) is 18.7 Å². The maximum atomic E-state index is 15.1. The average molecular weight is 500 g/mol. The van der Waals surface area contributed by atoms with Crippen LogP contribution in [0.15, 0.2) is 73.6 Å². The molecule has 37 heavy (non-hydrogen) atoms. The van der Waals surface area contributed by atoms with E-state index in [0.717, 1.165) is 12.2 Å². The lowest BCUT2D eigenvalue weighted by atomic mass is 9.97. The number of ether oxygens (including phenoxy) is 1. The van der Waals surface area contributed by atoms with Crippen LogP contribution in [0.2, 0.25) is 0 Å². The third-order valence-electron chi connectivity index (χ3n) is 6.19. The van der Waals surface area contributed by atoms with E-state index in [4.69, 9.17) is 10.5 Å². The zero-order valence-corrected chi connectivity index (χ0v) is 20.0. The molecule has 3 heterocycles. The summed E-state index contributed by atoms with van der Waals surface area (Å²) in [6.07, 6.45) is 4.47. The number of fused-ring (bicyclic) bond motifs is 1. The number of aromatic nitrogens is 3. The molecule has 0 saturated carbocycles. The number of anilines is 3. The molecule has 4 aromatic rings. The fourth-order valence-corrected chi connectivity index (χ4v) is 4.28. The Morgan fingerprint density at radius 2 is 2.08 bits per heavy atom. The highest BCUT2D eigenvalue weighted by Crippen LogP contribution is 2.32. The van der Waals surface area contributed by atoms with E-state index in [1.165, 1.54) is 12.1 Å². The molecular formula is C27H26FN7O2. The number of nitrogens with one attached hydrogen (secondary N) is 3. The fourth-order valence-electron chi connectivity index (χ4n) is 4.28. The molecule has 0 bridgehead atoms. The molecule has 5 rings (SSSR count). The Hall–Kier alpha value is -4.25. The summed E-state index contributed by atoms with van der Waals surface area (Å²) < 4.78 is 21.0. The Labute approximate surface area is 213 Å². The Kier molecular flexibility index (Phi) is 6.87. The van der Waals surface area contributed by atoms with Crippen molar-refractivity contribution in [1.82, 2.24) is 20.3 Å². The van der Waals surface area contributed by atoms with Gasteiger partial charge in [-0.2, -0.15) is 0 Å². The van der Waals surface area contributed by atoms with E-state index < -0.39 is 11.4 Å². The van der Waals surface area contributed by atoms with Gasteiger partial charge in [0.25, 0.3) is 0 Å². The van der Waals surface area contributed by atoms with Gasteiger partial charge in [-0.3, -0.25) is 9.78 Å². The van der Waals surface area contributed by atoms with E-state index in [0.29, 0.717) is 53.1 Å². The van der Waals surface area contributed by atoms with Crippen LogP contribution >= 0.6 is 0 Å². The minimum absolute atomic E-state index is 0.286. The van der Waals surface area contributed by atoms with Crippen molar-refractivity contribution in [2.24, 2.45) is 5.73 Å². The maximum Gasteiger partial charge on any atom is 0.247 e. The van der Waals surface area contributed by atoms with Crippen molar-refractivity contribution in [3.05, 3.63) is 85.1 Å². The van der Waals surface area contributed by atoms with Crippen LogP contribution in [0.1, 0.15) is 5.69 Å². The molecule has 0 unspecified atom stereocenters. The average Bonchev–Trinajstić information content (AvgIpc) is 2.93. The second kappa shape index (κ2) is 10.4. The molecule has 1 amide bonds. The SMILES string of the molecule is C=CC(=O)Nc1cccc(-c2c(F)ccc3cnc(Nc4ccc([C@@]5(CN)CNCCO5)nc4)nc23)c1. The third-order valence-corrected chi connectivity index (χ3v) is 6.19. The zero-order valence-electron chi connectivity index (χ0n) is 20.0. The minimum Gasteiger partial charge on any atom is -0.365 e. The highest BCUT2D eigenvalue weighted by Gasteiger charge is 2.35. The van der Waals surface area contributed by atoms with E-state index in [1.807, 2.05) is 12.1 Å². The van der Waals surface area contributed by atoms with Gasteiger partial charge in [0.2, 0.25) is 11.9 Å². The number of amides is 1. The number of carbonyl (C=O) groups excluding carboxylic acids is 1. The molecule has 0 spiro atoms. The largest absolute Gasteiger partial charge is 0.365 e. The molecule has 0 aliphatic carbocycles. The summed E-state index contributed by atoms with van der Waals surface area (Å²) in [5, 5.41) is 9.80. The summed E-state index contributed by atoms with van der Waals surface area (Å²) in [6, 6.07) is 13.6. The molecule has 2 aromatic carbocycles. The zero-order chi connectivity index (χ0) is 25.8. The predicted octanol–water partition coefficient (Wildman–Crippen LogP) is 3.47. The number of hydrogen-bond donors (Lipinski definition) is 4. The number of carbonyl (C=O) groups is 1. The molecule has 0 radical (unpaired) electrons. The van der Waals surface area contributed by atoms with E-state index >= 15 is 4.39 Å². The normalized spacial score (nSPS) is 17.4. The number of pyridine rings is 1. The van der Waals surface area contributed by atoms with E-state index in [9.17, 15) is 4.79 Å². The molecule has 5 N–H and O–H groups in total. The van der Waals surface area contributed by atoms with Gasteiger partial charge in [-0.15, -0.1) is 0 Å². The number of nitrogens with two attached hydrogens (primary N) is 1. The van der Waals surface area contributed by atoms with Gasteiger partial charge in [-0.25, -0.2) is 14.4 Å². The number of hydrogen-bond acceptors (Lipinski definition) is 8. The molecule has 188 valence electrons. The lowest BCUT2D eigenvalue weighted by Gasteiger charge is -2.36. The van der Waals surface area contributed by atoms with Crippen LogP contribution in [0.3, 0.4) is 0 Å². The van der Waals surface area contributed by atoms with Gasteiger partial charge >= 0.3 is 0 Å². The second-order valence-corrected chi connectivity index (χ2v) is 8.61. The minimum atomic E-state index is -0.664. The van der Waals surface area contributed by atoms with Crippen LogP contribution < -0.4 is 21.7 Å². The van der Waals surface area contributed by atoms with Crippen molar-refractivity contribution in [3.8, 4) is 11.1 Å². The van der Waals surface area contributed by atoms with Gasteiger partial charge < -0.3 is 26.4 Å². The number of benzene rings is 2. The maximum absolute atomic E-state index is 15.1. The molecule has 10 heteroatoms. The van der Waals surface area contributed by atoms with Crippen molar-refractivity contribution in [2.75, 3.05) is 36.9 Å². The first-order valence-corrected chi connectivity index (χ1v) is 11.8. The molecule has 1 aliphatic heterocycles. The van der Waals surface area contributed by atoms with Gasteiger partial charge in [0.15, 0.2) is 0 Å². The summed E-state index contributed by atoms with van der Waals surface area (Å²) in [4.78, 5) is 25.3. The highest BCUT2D eigenvalue weighted by molar-refractivity contribution is 6.00. The van der Waals surface area contributed by atoms with Gasteiger partial charge in [0.05, 0.1) is 29.7 Å². The monoisotopic (exact) mass is 499 g/mol. The lowest BCUT2D eigenvalue weighted by molar-refractivity contribution is -0.111. The Morgan fingerprint density at radius 1 is 1.19 bits per heavy atom. The number of rotatable bonds is 7. The first-order valence-electron chi connectivity index (χ1n) is 11.8. The Bertz CT molecular complexity index is 1450. The Morgan fingerprint density at radius 3 is 2.81 bits per heavy atom. The standard InChI is InChI=1S/C27H26FN7O2/c1-2-23(36)33-19-5-3-4-17(12-19)24-21(28)8-6-18-13-32-26(35-25(18)24)34-20-7-9-22(31-14-20)27(15-29)16-30-10-11-37-27/h2-9,12-14,30H,1,10-11,15-16,29H2,(H,33,36)(H,32,34,35)/t27-/m1/s1. The summed E-state index contributed by atoms with van der Waals surface area (Å²) >= 11 is 0. The van der Waals surface area contributed by atoms with Crippen LogP contribution in [-0.4, -0.2) is 47.1 Å². The predicted molar refractivity (Wildman–Crippen MR) is 141 cm³/mol. The van der Waals surface area contributed by atoms with Crippen LogP contribution in [0.25, 0.3) is 22.0 Å². The number of nitrogens with zero attached hydrogens (tertiary/aromatic N) is 3. The van der Waals surface area contributed by atoms with Crippen LogP contribution in [0.4, 0.5) is 21.7 Å². The quantitative estimate of drug-likeness (QED) is 0.285. The summed E-state index contributed by atoms with van der Waals surface area (Å²) in [6.45, 7) is 5.69. The third kappa shape index (κ3) is 5.03. The van der Waals surface area contributed by atoms with Crippen molar-refractivity contribution >= 4 is 34.1 Å². The van der Waals surface area contributed by atoms with Gasteiger partial charge in [0.1, 0.15) is 11.4 Å². The number of morpholine rings is 1. The molecule has 1 fully saturated rings. The first-order chi connectivity index (χ1) is 18.0. The summed E-state index contributed by atoms with van der Waals surface area (Å²) in [5.74, 6) is -0.509. The van der Waals surface area contributed by atoms with Gasteiger partial charge in [0, 0.05) is 42.5 Å². The second-order valence-electron chi connectivity index (χ2n) is 8.61. The molecule has 2 aromatic heterocycles. The smallest absolute Gasteiger partial charge is 0.247 e. The molecule has 1 atom stereocenters. The first kappa shape index (κ1) is 24.4. The molecule has 1 saturated heterocycles. The van der Waals surface area contributed by atoms with Gasteiger partial charge in [-0.05, 0) is 48.0 Å². The van der Waals surface area contributed by atoms with Crippen molar-refractivity contribution in [2.45, 2.75) is 5.60 Å². The Balaban J connectivity index is 1.46. The van der Waals surface area contributed by atoms with E-state index in [1.54, 1.807) is 42.7 Å². The molecule has 1 aliphatic rings. The fraction of sp³-hybridized carbons (Fsp3) is 0.185. The van der Waals surface area contributed by atoms with E-state index in [-0.39, 0.29) is 11.9 Å². The highest BCUT2D eigenvalue weighted by atomic mass is 19.1. The van der Waals surface area contributed by atoms with Crippen LogP contribution in [0.5, 0.6) is 0 Å². The lowest BCUT2D eigenvalue weighted by Crippen LogP contribution is -2.52. The topological polar surface area (TPSA) is 127 Å². The van der Waals surface area contributed by atoms with Crippen LogP contribution in [-0.2, 0) is 15.1 Å². The number of halogens is 1. The molecule has 9 nitrogen and oxygen atoms in total. The van der Waals surface area contributed by atoms with Crippen molar-refractivity contribution in [3.63, 3.8) is 0 Å². The summed E-state index contributed by atoms with van der Waals surface area (Å²) in [7, 11) is 0. The summed E-state index contributed by atoms with van der Waals surface area (Å²) in [5.41, 5.74) is 8.55. The van der Waals surface area contributed by atoms with Crippen molar-refractivity contribution < 1.29 is 13.9 Å². The van der Waals surface area contributed by atoms with Crippen LogP contribution in [0, 0.1) is 5.82 Å². The van der Waals surface area contributed by atoms with Crippen molar-refractivity contribution in [1.29, 1.82) is 0 Å². The molecular weight excluding hydrogens is 473 g/mol.